The third-order valence-electron chi connectivity index (χ3n) is 13.2. The standard InChI is InChI=1S/C50H64N8O20S/c1-25-21-58-42(43(25)65)47(69)52-20-30(60)17-32(53-50(72)75-24-28-11-7-4-8-12-28)44(66)54-39(26(2)59)48(70)57-22-31(61)18-33(57)45(67)55-40(46(68)56-41(49(58)71)35(63)19-38(51)64)34(62)15-29-13-14-36(37(16-29)76-79-78-77-73)74-23-27-9-5-3-6-10-27/h3-14,16,25-26,30-35,39-43,59-63,65,73H,15,17-24H2,1-2H3,(H2,51,64)(H,52,69)(H,53,72)(H,54,66)(H,55,67)(H,56,68)/t25-,26+,30+,31+,32?,33-,34+,35+,39-,40-,41-,42-,43-/m0/s1. The fourth-order valence-corrected chi connectivity index (χ4v) is 9.43. The molecule has 79 heavy (non-hydrogen) atoms. The van der Waals surface area contributed by atoms with Gasteiger partial charge < -0.3 is 86.4 Å². The number of alkyl carbamates (subject to hydrolysis) is 1. The van der Waals surface area contributed by atoms with E-state index in [-0.39, 0.29) is 42.6 Å². The molecule has 3 fully saturated rings. The molecule has 0 aliphatic carbocycles. The van der Waals surface area contributed by atoms with E-state index in [4.69, 9.17) is 24.6 Å². The molecule has 8 amide bonds. The molecule has 0 radical (unpaired) electrons. The van der Waals surface area contributed by atoms with Crippen molar-refractivity contribution in [2.75, 3.05) is 19.6 Å². The van der Waals surface area contributed by atoms with Gasteiger partial charge in [0.1, 0.15) is 49.5 Å². The SMILES string of the molecule is C[C@@H](O)[C@@H]1NC(=O)C(NC(=O)OCc2ccccc2)C[C@@H](O)CNC(=O)[C@@H]2[C@@H](O)[C@@H](C)CN2C(=O)[C@H]([C@H](O)CC(N)=O)NC(=O)[C@H]([C@H](O)Cc2ccc(OCc3ccccc3)c(OSOOO)c2)NC(=O)[C@@H]2C[C@@H](O)CN2C1=O. The van der Waals surface area contributed by atoms with Crippen molar-refractivity contribution >= 4 is 59.8 Å². The van der Waals surface area contributed by atoms with Crippen molar-refractivity contribution in [2.45, 2.75) is 126 Å². The Morgan fingerprint density at radius 3 is 2.01 bits per heavy atom. The van der Waals surface area contributed by atoms with Crippen molar-refractivity contribution in [3.05, 3.63) is 95.6 Å². The summed E-state index contributed by atoms with van der Waals surface area (Å²) in [6.45, 7) is 0.688. The molecule has 3 saturated heterocycles. The third-order valence-corrected chi connectivity index (χ3v) is 13.6. The van der Waals surface area contributed by atoms with Crippen LogP contribution in [0.15, 0.2) is 78.9 Å². The van der Waals surface area contributed by atoms with Crippen LogP contribution in [0.1, 0.15) is 49.8 Å². The van der Waals surface area contributed by atoms with Gasteiger partial charge in [-0.15, -0.1) is 0 Å². The minimum absolute atomic E-state index is 0.0459. The highest BCUT2D eigenvalue weighted by molar-refractivity contribution is 7.90. The lowest BCUT2D eigenvalue weighted by molar-refractivity contribution is -0.433. The fraction of sp³-hybridized carbons (Fsp3) is 0.480. The number of nitrogens with two attached hydrogens (primary N) is 1. The van der Waals surface area contributed by atoms with E-state index in [0.29, 0.717) is 5.56 Å². The van der Waals surface area contributed by atoms with Gasteiger partial charge in [-0.1, -0.05) is 83.0 Å². The van der Waals surface area contributed by atoms with Crippen molar-refractivity contribution in [1.82, 2.24) is 36.4 Å². The van der Waals surface area contributed by atoms with E-state index < -0.39 is 172 Å². The molecule has 0 spiro atoms. The zero-order valence-electron chi connectivity index (χ0n) is 42.7. The van der Waals surface area contributed by atoms with Crippen LogP contribution in [0.4, 0.5) is 4.79 Å². The van der Waals surface area contributed by atoms with E-state index in [1.807, 2.05) is 0 Å². The summed E-state index contributed by atoms with van der Waals surface area (Å²) >= 11 is 0.159. The number of primary amides is 1. The van der Waals surface area contributed by atoms with Crippen LogP contribution in [-0.2, 0) is 67.3 Å². The van der Waals surface area contributed by atoms with Gasteiger partial charge in [-0.05, 0) is 35.7 Å². The number of carbonyl (C=O) groups is 8. The molecule has 3 aromatic carbocycles. The van der Waals surface area contributed by atoms with Crippen molar-refractivity contribution < 1.29 is 97.3 Å². The number of ether oxygens (including phenoxy) is 2. The Bertz CT molecular complexity index is 2610. The molecule has 14 N–H and O–H groups in total. The quantitative estimate of drug-likeness (QED) is 0.0276. The number of nitrogens with zero attached hydrogens (tertiary/aromatic N) is 2. The number of rotatable bonds is 17. The first kappa shape index (κ1) is 61.0. The first-order valence-electron chi connectivity index (χ1n) is 24.9. The van der Waals surface area contributed by atoms with Gasteiger partial charge in [0.05, 0.1) is 43.0 Å². The summed E-state index contributed by atoms with van der Waals surface area (Å²) in [4.78, 5) is 113. The Hall–Kier alpha value is -7.19. The number of nitrogens with one attached hydrogen (secondary N) is 5. The van der Waals surface area contributed by atoms with E-state index in [2.05, 4.69) is 36.0 Å². The zero-order chi connectivity index (χ0) is 57.5. The van der Waals surface area contributed by atoms with Crippen molar-refractivity contribution in [1.29, 1.82) is 0 Å². The molecule has 1 unspecified atom stereocenters. The summed E-state index contributed by atoms with van der Waals surface area (Å²) in [5, 5.41) is 91.9. The highest BCUT2D eigenvalue weighted by Gasteiger charge is 2.50. The van der Waals surface area contributed by atoms with Crippen LogP contribution in [0.25, 0.3) is 0 Å². The monoisotopic (exact) mass is 1130 g/mol. The van der Waals surface area contributed by atoms with Crippen molar-refractivity contribution in [2.24, 2.45) is 11.7 Å². The fourth-order valence-electron chi connectivity index (χ4n) is 9.17. The van der Waals surface area contributed by atoms with Gasteiger partial charge in [0, 0.05) is 44.8 Å². The summed E-state index contributed by atoms with van der Waals surface area (Å²) in [6, 6.07) is 9.95. The van der Waals surface area contributed by atoms with E-state index in [1.54, 1.807) is 60.7 Å². The van der Waals surface area contributed by atoms with Crippen LogP contribution >= 0.6 is 12.3 Å². The number of β-amino-alcohol motifs (C(OH)–C–C–N with tert-alkyl or cyclic N) is 1. The molecule has 3 heterocycles. The highest BCUT2D eigenvalue weighted by atomic mass is 32.2. The molecule has 13 atom stereocenters. The molecule has 3 aromatic rings. The Labute approximate surface area is 456 Å². The predicted molar refractivity (Wildman–Crippen MR) is 271 cm³/mol. The van der Waals surface area contributed by atoms with E-state index >= 15 is 0 Å². The number of carbonyl (C=O) groups excluding carboxylic acids is 8. The normalized spacial score (nSPS) is 26.6. The molecular formula is C50H64N8O20S. The van der Waals surface area contributed by atoms with Gasteiger partial charge >= 0.3 is 6.09 Å². The molecule has 28 nitrogen and oxygen atoms in total. The van der Waals surface area contributed by atoms with Gasteiger partial charge in [-0.2, -0.15) is 0 Å². The summed E-state index contributed by atoms with van der Waals surface area (Å²) in [6.07, 6.45) is -14.6. The molecular weight excluding hydrogens is 1060 g/mol. The smallest absolute Gasteiger partial charge is 0.408 e. The second-order valence-electron chi connectivity index (χ2n) is 19.3. The van der Waals surface area contributed by atoms with Crippen LogP contribution < -0.4 is 41.2 Å². The van der Waals surface area contributed by atoms with Gasteiger partial charge in [0.2, 0.25) is 41.4 Å². The Morgan fingerprint density at radius 2 is 1.37 bits per heavy atom. The second-order valence-corrected chi connectivity index (χ2v) is 19.7. The van der Waals surface area contributed by atoms with Gasteiger partial charge in [0.25, 0.3) is 12.3 Å². The molecule has 0 aromatic heterocycles. The van der Waals surface area contributed by atoms with Gasteiger partial charge in [0.15, 0.2) is 11.5 Å². The zero-order valence-corrected chi connectivity index (χ0v) is 43.5. The number of benzene rings is 3. The second kappa shape index (κ2) is 28.6. The molecule has 430 valence electrons. The molecule has 0 bridgehead atoms. The predicted octanol–water partition coefficient (Wildman–Crippen LogP) is -3.05. The number of hydrogen-bond donors (Lipinski definition) is 13. The third kappa shape index (κ3) is 16.7. The van der Waals surface area contributed by atoms with Crippen LogP contribution in [0.5, 0.6) is 11.5 Å². The lowest BCUT2D eigenvalue weighted by atomic mass is 9.98. The van der Waals surface area contributed by atoms with Gasteiger partial charge in [-0.25, -0.2) is 10.1 Å². The maximum absolute atomic E-state index is 14.7. The minimum atomic E-state index is -2.20. The number of hydrogen-bond acceptors (Lipinski definition) is 21. The number of amides is 8. The molecule has 29 heteroatoms. The van der Waals surface area contributed by atoms with E-state index in [0.717, 1.165) is 22.3 Å². The van der Waals surface area contributed by atoms with E-state index in [9.17, 15) is 69.0 Å². The van der Waals surface area contributed by atoms with Crippen LogP contribution in [0.3, 0.4) is 0 Å². The number of fused-ring (bicyclic) bond motifs is 2. The maximum atomic E-state index is 14.7. The lowest BCUT2D eigenvalue weighted by Gasteiger charge is -2.33. The lowest BCUT2D eigenvalue weighted by Crippen LogP contribution is -2.64. The Morgan fingerprint density at radius 1 is 0.734 bits per heavy atom. The van der Waals surface area contributed by atoms with Crippen LogP contribution in [0.2, 0.25) is 0 Å². The maximum Gasteiger partial charge on any atom is 0.408 e. The first-order valence-corrected chi connectivity index (χ1v) is 25.6. The average Bonchev–Trinajstić information content (AvgIpc) is 4.00. The number of aliphatic hydroxyl groups is 6. The van der Waals surface area contributed by atoms with Crippen molar-refractivity contribution in [3.8, 4) is 11.5 Å². The average molecular weight is 1130 g/mol. The van der Waals surface area contributed by atoms with Crippen LogP contribution in [-0.4, -0.2) is 186 Å². The Kier molecular flexibility index (Phi) is 22.1. The van der Waals surface area contributed by atoms with Crippen LogP contribution in [0, 0.1) is 5.92 Å². The molecule has 3 aliphatic heterocycles. The molecule has 0 saturated carbocycles. The highest BCUT2D eigenvalue weighted by Crippen LogP contribution is 2.33. The number of aliphatic hydroxyl groups excluding tert-OH is 6. The molecule has 6 rings (SSSR count). The summed E-state index contributed by atoms with van der Waals surface area (Å²) in [5.74, 6) is -9.27. The first-order chi connectivity index (χ1) is 37.6. The summed E-state index contributed by atoms with van der Waals surface area (Å²) in [5.41, 5.74) is 6.91. The topological polar surface area (TPSA) is 417 Å². The largest absolute Gasteiger partial charge is 0.485 e. The van der Waals surface area contributed by atoms with Gasteiger partial charge in [-0.3, -0.25) is 33.6 Å². The Balaban J connectivity index is 1.38. The van der Waals surface area contributed by atoms with Crippen molar-refractivity contribution in [3.63, 3.8) is 0 Å². The summed E-state index contributed by atoms with van der Waals surface area (Å²) in [7, 11) is 0. The molecule has 3 aliphatic rings. The van der Waals surface area contributed by atoms with E-state index in [1.165, 1.54) is 25.1 Å². The minimum Gasteiger partial charge on any atom is -0.485 e. The summed E-state index contributed by atoms with van der Waals surface area (Å²) < 4.78 is 21.1.